The highest BCUT2D eigenvalue weighted by molar-refractivity contribution is 7.14. The topological polar surface area (TPSA) is 46.5 Å². The van der Waals surface area contributed by atoms with Crippen LogP contribution in [0.4, 0.5) is 0 Å². The minimum atomic E-state index is -1.05. The molecule has 1 N–H and O–H groups in total. The van der Waals surface area contributed by atoms with Gasteiger partial charge in [-0.1, -0.05) is 11.6 Å². The zero-order valence-electron chi connectivity index (χ0n) is 6.28. The predicted molar refractivity (Wildman–Crippen MR) is 46.5 cm³/mol. The molecule has 0 aliphatic carbocycles. The first kappa shape index (κ1) is 9.51. The van der Waals surface area contributed by atoms with E-state index in [1.165, 1.54) is 7.11 Å². The van der Waals surface area contributed by atoms with Gasteiger partial charge in [-0.15, -0.1) is 11.3 Å². The van der Waals surface area contributed by atoms with Gasteiger partial charge in [0.25, 0.3) is 0 Å². The normalized spacial score (nSPS) is 12.6. The van der Waals surface area contributed by atoms with Gasteiger partial charge in [-0.25, -0.2) is 4.79 Å². The number of rotatable bonds is 2. The van der Waals surface area contributed by atoms with E-state index in [-0.39, 0.29) is 0 Å². The SMILES string of the molecule is COC(=O)c1ccc(C(O)Cl)s1. The standard InChI is InChI=1S/C7H7ClO3S/c1-11-7(10)5-3-2-4(12-5)6(8)9/h2-3,6,9H,1H3. The number of aliphatic hydroxyl groups excluding tert-OH is 1. The predicted octanol–water partition coefficient (Wildman–Crippen LogP) is 1.76. The maximum Gasteiger partial charge on any atom is 0.348 e. The molecule has 0 aliphatic rings. The average molecular weight is 207 g/mol. The van der Waals surface area contributed by atoms with Crippen LogP contribution in [0.2, 0.25) is 0 Å². The van der Waals surface area contributed by atoms with Crippen LogP contribution in [0.5, 0.6) is 0 Å². The van der Waals surface area contributed by atoms with Gasteiger partial charge in [0.05, 0.1) is 7.11 Å². The molecule has 66 valence electrons. The maximum absolute atomic E-state index is 10.9. The Morgan fingerprint density at radius 1 is 1.75 bits per heavy atom. The third kappa shape index (κ3) is 1.97. The summed E-state index contributed by atoms with van der Waals surface area (Å²) in [5.41, 5.74) is -1.05. The Hall–Kier alpha value is -0.580. The van der Waals surface area contributed by atoms with Gasteiger partial charge < -0.3 is 9.84 Å². The van der Waals surface area contributed by atoms with Crippen molar-refractivity contribution >= 4 is 28.9 Å². The number of alkyl halides is 1. The minimum absolute atomic E-state index is 0.413. The number of methoxy groups -OCH3 is 1. The first-order valence-electron chi connectivity index (χ1n) is 3.15. The van der Waals surface area contributed by atoms with Gasteiger partial charge in [-0.3, -0.25) is 0 Å². The van der Waals surface area contributed by atoms with Crippen molar-refractivity contribution in [1.82, 2.24) is 0 Å². The van der Waals surface area contributed by atoms with Crippen LogP contribution in [-0.4, -0.2) is 18.2 Å². The molecule has 0 aliphatic heterocycles. The first-order chi connectivity index (χ1) is 5.65. The van der Waals surface area contributed by atoms with Crippen LogP contribution in [0.3, 0.4) is 0 Å². The van der Waals surface area contributed by atoms with E-state index in [0.717, 1.165) is 11.3 Å². The number of aliphatic hydroxyl groups is 1. The van der Waals surface area contributed by atoms with Gasteiger partial charge in [0, 0.05) is 4.88 Å². The second-order valence-corrected chi connectivity index (χ2v) is 3.56. The molecule has 1 aromatic rings. The number of halogens is 1. The number of ether oxygens (including phenoxy) is 1. The summed E-state index contributed by atoms with van der Waals surface area (Å²) in [5, 5.41) is 8.92. The maximum atomic E-state index is 10.9. The van der Waals surface area contributed by atoms with Crippen molar-refractivity contribution in [2.24, 2.45) is 0 Å². The highest BCUT2D eigenvalue weighted by atomic mass is 35.5. The monoisotopic (exact) mass is 206 g/mol. The lowest BCUT2D eigenvalue weighted by molar-refractivity contribution is 0.0606. The molecule has 0 spiro atoms. The zero-order valence-corrected chi connectivity index (χ0v) is 7.85. The van der Waals surface area contributed by atoms with Crippen LogP contribution in [0.25, 0.3) is 0 Å². The van der Waals surface area contributed by atoms with Crippen molar-refractivity contribution in [2.45, 2.75) is 5.56 Å². The average Bonchev–Trinajstić information content (AvgIpc) is 2.51. The van der Waals surface area contributed by atoms with Crippen LogP contribution in [-0.2, 0) is 4.74 Å². The van der Waals surface area contributed by atoms with Crippen LogP contribution in [0.15, 0.2) is 12.1 Å². The molecule has 1 aromatic heterocycles. The van der Waals surface area contributed by atoms with E-state index in [1.54, 1.807) is 12.1 Å². The van der Waals surface area contributed by atoms with Gasteiger partial charge in [0.15, 0.2) is 5.56 Å². The smallest absolute Gasteiger partial charge is 0.348 e. The molecule has 0 bridgehead atoms. The molecule has 1 rings (SSSR count). The summed E-state index contributed by atoms with van der Waals surface area (Å²) in [6, 6.07) is 3.16. The third-order valence-electron chi connectivity index (χ3n) is 1.25. The largest absolute Gasteiger partial charge is 0.465 e. The van der Waals surface area contributed by atoms with E-state index in [0.29, 0.717) is 9.75 Å². The van der Waals surface area contributed by atoms with Crippen LogP contribution < -0.4 is 0 Å². The van der Waals surface area contributed by atoms with Crippen molar-refractivity contribution in [3.05, 3.63) is 21.9 Å². The quantitative estimate of drug-likeness (QED) is 0.593. The van der Waals surface area contributed by atoms with Gasteiger partial charge in [0.2, 0.25) is 0 Å². The Bertz CT molecular complexity index is 282. The van der Waals surface area contributed by atoms with Gasteiger partial charge >= 0.3 is 5.97 Å². The number of thiophene rings is 1. The molecule has 0 fully saturated rings. The minimum Gasteiger partial charge on any atom is -0.465 e. The molecule has 0 radical (unpaired) electrons. The van der Waals surface area contributed by atoms with Gasteiger partial charge in [0.1, 0.15) is 4.88 Å². The molecule has 0 saturated carbocycles. The molecular formula is C7H7ClO3S. The number of carbonyl (C=O) groups excluding carboxylic acids is 1. The number of hydrogen-bond acceptors (Lipinski definition) is 4. The summed E-state index contributed by atoms with van der Waals surface area (Å²) in [7, 11) is 1.30. The highest BCUT2D eigenvalue weighted by Crippen LogP contribution is 2.25. The highest BCUT2D eigenvalue weighted by Gasteiger charge is 2.11. The van der Waals surface area contributed by atoms with E-state index >= 15 is 0 Å². The lowest BCUT2D eigenvalue weighted by Crippen LogP contribution is -1.96. The zero-order chi connectivity index (χ0) is 9.14. The fourth-order valence-corrected chi connectivity index (χ4v) is 1.69. The molecule has 3 nitrogen and oxygen atoms in total. The number of hydrogen-bond donors (Lipinski definition) is 1. The fraction of sp³-hybridized carbons (Fsp3) is 0.286. The molecule has 1 atom stereocenters. The molecule has 0 amide bonds. The van der Waals surface area contributed by atoms with Gasteiger partial charge in [-0.2, -0.15) is 0 Å². The lowest BCUT2D eigenvalue weighted by atomic mass is 10.4. The van der Waals surface area contributed by atoms with E-state index in [4.69, 9.17) is 16.7 Å². The number of esters is 1. The first-order valence-corrected chi connectivity index (χ1v) is 4.40. The Kier molecular flexibility index (Phi) is 3.08. The van der Waals surface area contributed by atoms with E-state index in [9.17, 15) is 4.79 Å². The third-order valence-corrected chi connectivity index (χ3v) is 2.73. The Morgan fingerprint density at radius 2 is 2.42 bits per heavy atom. The summed E-state index contributed by atoms with van der Waals surface area (Å²) in [5.74, 6) is -0.413. The molecular weight excluding hydrogens is 200 g/mol. The lowest BCUT2D eigenvalue weighted by Gasteiger charge is -1.95. The van der Waals surface area contributed by atoms with E-state index in [1.807, 2.05) is 0 Å². The van der Waals surface area contributed by atoms with Crippen molar-refractivity contribution in [2.75, 3.05) is 7.11 Å². The second kappa shape index (κ2) is 3.89. The van der Waals surface area contributed by atoms with Crippen LogP contribution in [0, 0.1) is 0 Å². The van der Waals surface area contributed by atoms with Crippen molar-refractivity contribution in [3.8, 4) is 0 Å². The molecule has 0 aromatic carbocycles. The van der Waals surface area contributed by atoms with Crippen molar-refractivity contribution < 1.29 is 14.6 Å². The van der Waals surface area contributed by atoms with E-state index in [2.05, 4.69) is 4.74 Å². The molecule has 12 heavy (non-hydrogen) atoms. The molecule has 1 heterocycles. The summed E-state index contributed by atoms with van der Waals surface area (Å²) in [4.78, 5) is 11.9. The Labute approximate surface area is 78.5 Å². The van der Waals surface area contributed by atoms with Crippen LogP contribution in [0.1, 0.15) is 20.1 Å². The summed E-state index contributed by atoms with van der Waals surface area (Å²) >= 11 is 6.50. The number of carbonyl (C=O) groups is 1. The molecule has 5 heteroatoms. The Balaban J connectivity index is 2.84. The van der Waals surface area contributed by atoms with Crippen LogP contribution >= 0.6 is 22.9 Å². The summed E-state index contributed by atoms with van der Waals surface area (Å²) < 4.78 is 4.48. The van der Waals surface area contributed by atoms with Crippen molar-refractivity contribution in [3.63, 3.8) is 0 Å². The fourth-order valence-electron chi connectivity index (χ4n) is 0.691. The molecule has 1 unspecified atom stereocenters. The molecule has 0 saturated heterocycles. The Morgan fingerprint density at radius 3 is 2.83 bits per heavy atom. The summed E-state index contributed by atoms with van der Waals surface area (Å²) in [6.07, 6.45) is 0. The van der Waals surface area contributed by atoms with E-state index < -0.39 is 11.5 Å². The summed E-state index contributed by atoms with van der Waals surface area (Å²) in [6.45, 7) is 0. The van der Waals surface area contributed by atoms with Crippen molar-refractivity contribution in [1.29, 1.82) is 0 Å². The second-order valence-electron chi connectivity index (χ2n) is 2.03. The van der Waals surface area contributed by atoms with Gasteiger partial charge in [-0.05, 0) is 12.1 Å².